The van der Waals surface area contributed by atoms with Gasteiger partial charge < -0.3 is 5.73 Å². The van der Waals surface area contributed by atoms with Gasteiger partial charge in [0.25, 0.3) is 0 Å². The lowest BCUT2D eigenvalue weighted by Gasteiger charge is -2.33. The molecule has 0 amide bonds. The molecule has 30 heavy (non-hydrogen) atoms. The molecule has 0 spiro atoms. The van der Waals surface area contributed by atoms with E-state index in [1.165, 1.54) is 18.4 Å². The Morgan fingerprint density at radius 3 is 2.60 bits per heavy atom. The third kappa shape index (κ3) is 3.05. The number of sulfonamides is 1. The van der Waals surface area contributed by atoms with Crippen LogP contribution >= 0.6 is 22.9 Å². The highest BCUT2D eigenvalue weighted by atomic mass is 35.5. The predicted molar refractivity (Wildman–Crippen MR) is 118 cm³/mol. The molecule has 3 aromatic rings. The van der Waals surface area contributed by atoms with Crippen molar-refractivity contribution in [3.8, 4) is 11.3 Å². The van der Waals surface area contributed by atoms with Crippen LogP contribution in [0.25, 0.3) is 21.3 Å². The highest BCUT2D eigenvalue weighted by Gasteiger charge is 2.43. The van der Waals surface area contributed by atoms with Gasteiger partial charge in [0.1, 0.15) is 11.4 Å². The quantitative estimate of drug-likeness (QED) is 0.639. The Bertz CT molecular complexity index is 1300. The van der Waals surface area contributed by atoms with Crippen LogP contribution in [-0.4, -0.2) is 46.4 Å². The molecule has 0 aromatic carbocycles. The highest BCUT2D eigenvalue weighted by Crippen LogP contribution is 2.47. The van der Waals surface area contributed by atoms with Crippen molar-refractivity contribution in [3.63, 3.8) is 0 Å². The summed E-state index contributed by atoms with van der Waals surface area (Å²) in [6.07, 6.45) is 7.52. The van der Waals surface area contributed by atoms with Gasteiger partial charge in [0.2, 0.25) is 16.0 Å². The first kappa shape index (κ1) is 19.7. The minimum Gasteiger partial charge on any atom is -0.369 e. The molecule has 1 unspecified atom stereocenters. The first-order chi connectivity index (χ1) is 14.2. The molecule has 1 fully saturated rings. The maximum atomic E-state index is 12.6. The Morgan fingerprint density at radius 1 is 1.27 bits per heavy atom. The summed E-state index contributed by atoms with van der Waals surface area (Å²) >= 11 is 8.11. The van der Waals surface area contributed by atoms with Crippen molar-refractivity contribution in [2.45, 2.75) is 31.2 Å². The number of fused-ring (bicyclic) bond motifs is 1. The summed E-state index contributed by atoms with van der Waals surface area (Å²) in [4.78, 5) is 18.6. The van der Waals surface area contributed by atoms with Crippen molar-refractivity contribution >= 4 is 49.0 Å². The molecular formula is C19H19ClN6O2S2. The van der Waals surface area contributed by atoms with Crippen LogP contribution in [0.3, 0.4) is 0 Å². The van der Waals surface area contributed by atoms with E-state index in [9.17, 15) is 8.42 Å². The average Bonchev–Trinajstić information content (AvgIpc) is 3.49. The molecule has 156 valence electrons. The van der Waals surface area contributed by atoms with E-state index in [-0.39, 0.29) is 11.7 Å². The Balaban J connectivity index is 1.65. The van der Waals surface area contributed by atoms with Crippen molar-refractivity contribution in [3.05, 3.63) is 40.4 Å². The molecule has 1 saturated carbocycles. The van der Waals surface area contributed by atoms with Crippen LogP contribution < -0.4 is 5.73 Å². The van der Waals surface area contributed by atoms with Crippen molar-refractivity contribution in [2.75, 3.05) is 12.8 Å². The fraction of sp³-hybridized carbons (Fsp3) is 0.368. The second-order valence-corrected chi connectivity index (χ2v) is 11.3. The van der Waals surface area contributed by atoms with E-state index in [0.717, 1.165) is 38.6 Å². The van der Waals surface area contributed by atoms with E-state index in [2.05, 4.69) is 19.9 Å². The van der Waals surface area contributed by atoms with Crippen molar-refractivity contribution < 1.29 is 8.42 Å². The zero-order valence-corrected chi connectivity index (χ0v) is 18.7. The maximum absolute atomic E-state index is 12.6. The van der Waals surface area contributed by atoms with E-state index in [1.807, 2.05) is 6.07 Å². The number of aliphatic imine (C=N–C) groups is 1. The number of nitrogens with zero attached hydrogens (tertiary/aromatic N) is 5. The lowest BCUT2D eigenvalue weighted by atomic mass is 10.0. The first-order valence-corrected chi connectivity index (χ1v) is 12.2. The van der Waals surface area contributed by atoms with E-state index < -0.39 is 15.6 Å². The van der Waals surface area contributed by atoms with E-state index in [0.29, 0.717) is 21.5 Å². The van der Waals surface area contributed by atoms with Crippen LogP contribution in [0.1, 0.15) is 36.4 Å². The molecule has 1 aliphatic heterocycles. The summed E-state index contributed by atoms with van der Waals surface area (Å²) in [6, 6.07) is 1.82. The molecule has 2 N–H and O–H groups in total. The third-order valence-electron chi connectivity index (χ3n) is 5.49. The van der Waals surface area contributed by atoms with Crippen molar-refractivity contribution in [1.82, 2.24) is 19.3 Å². The number of hydrogen-bond donors (Lipinski definition) is 1. The van der Waals surface area contributed by atoms with Gasteiger partial charge in [-0.15, -0.1) is 11.3 Å². The summed E-state index contributed by atoms with van der Waals surface area (Å²) in [5, 5.41) is 1.26. The molecule has 4 heterocycles. The number of nitrogens with two attached hydrogens (primary N) is 1. The Labute approximate surface area is 182 Å². The number of pyridine rings is 1. The average molecular weight is 463 g/mol. The van der Waals surface area contributed by atoms with Crippen LogP contribution in [0.15, 0.2) is 29.6 Å². The van der Waals surface area contributed by atoms with Gasteiger partial charge >= 0.3 is 0 Å². The Hall–Kier alpha value is -2.30. The summed E-state index contributed by atoms with van der Waals surface area (Å²) in [6.45, 7) is 1.74. The third-order valence-corrected chi connectivity index (χ3v) is 9.40. The van der Waals surface area contributed by atoms with E-state index in [4.69, 9.17) is 17.3 Å². The number of hydrogen-bond acceptors (Lipinski definition) is 8. The van der Waals surface area contributed by atoms with Gasteiger partial charge in [-0.2, -0.15) is 0 Å². The first-order valence-electron chi connectivity index (χ1n) is 9.41. The van der Waals surface area contributed by atoms with Crippen molar-refractivity contribution in [2.24, 2.45) is 10.7 Å². The topological polar surface area (TPSA) is 114 Å². The van der Waals surface area contributed by atoms with Gasteiger partial charge in [-0.1, -0.05) is 11.6 Å². The number of thiophene rings is 1. The summed E-state index contributed by atoms with van der Waals surface area (Å²) in [5.41, 5.74) is 6.32. The van der Waals surface area contributed by atoms with Crippen LogP contribution in [-0.2, 0) is 15.6 Å². The van der Waals surface area contributed by atoms with Crippen molar-refractivity contribution in [1.29, 1.82) is 0 Å². The van der Waals surface area contributed by atoms with Crippen LogP contribution in [0.5, 0.6) is 0 Å². The zero-order valence-electron chi connectivity index (χ0n) is 16.3. The summed E-state index contributed by atoms with van der Waals surface area (Å²) < 4.78 is 27.0. The Morgan fingerprint density at radius 2 is 1.97 bits per heavy atom. The maximum Gasteiger partial charge on any atom is 0.239 e. The van der Waals surface area contributed by atoms with Gasteiger partial charge in [-0.3, -0.25) is 4.98 Å². The minimum atomic E-state index is -3.60. The smallest absolute Gasteiger partial charge is 0.239 e. The number of aromatic nitrogens is 3. The molecule has 3 aromatic heterocycles. The SMILES string of the molecule is CN1C(N)=NC(C)(c2sc3c(-c4cnc(C5CC5)nc4)nccc3c2Cl)CS1(=O)=O. The Kier molecular flexibility index (Phi) is 4.32. The fourth-order valence-electron chi connectivity index (χ4n) is 3.62. The molecule has 1 aliphatic carbocycles. The standard InChI is InChI=1S/C19H19ClN6O2S2/c1-19(9-30(27,28)26(2)18(21)25-19)16-13(20)12-5-6-22-14(15(12)29-16)11-7-23-17(24-8-11)10-3-4-10/h5-8,10H,3-4,9H2,1-2H3,(H2,21,25). The summed E-state index contributed by atoms with van der Waals surface area (Å²) in [5.74, 6) is 1.07. The monoisotopic (exact) mass is 462 g/mol. The second kappa shape index (κ2) is 6.60. The van der Waals surface area contributed by atoms with E-state index >= 15 is 0 Å². The second-order valence-electron chi connectivity index (χ2n) is 7.85. The van der Waals surface area contributed by atoms with Gasteiger partial charge in [-0.25, -0.2) is 27.7 Å². The zero-order chi connectivity index (χ0) is 21.3. The minimum absolute atomic E-state index is 0.0558. The van der Waals surface area contributed by atoms with Crippen LogP contribution in [0.4, 0.5) is 0 Å². The van der Waals surface area contributed by atoms with E-state index in [1.54, 1.807) is 25.5 Å². The van der Waals surface area contributed by atoms with Gasteiger partial charge in [0.15, 0.2) is 0 Å². The van der Waals surface area contributed by atoms with Crippen LogP contribution in [0.2, 0.25) is 5.02 Å². The normalized spacial score (nSPS) is 23.6. The molecule has 8 nitrogen and oxygen atoms in total. The highest BCUT2D eigenvalue weighted by molar-refractivity contribution is 7.89. The molecule has 0 saturated heterocycles. The van der Waals surface area contributed by atoms with Crippen LogP contribution in [0, 0.1) is 0 Å². The number of guanidine groups is 1. The lowest BCUT2D eigenvalue weighted by molar-refractivity contribution is 0.482. The molecule has 5 rings (SSSR count). The number of halogens is 1. The largest absolute Gasteiger partial charge is 0.369 e. The molecular weight excluding hydrogens is 444 g/mol. The molecule has 11 heteroatoms. The molecule has 0 radical (unpaired) electrons. The van der Waals surface area contributed by atoms with Gasteiger partial charge in [0, 0.05) is 42.5 Å². The fourth-order valence-corrected chi connectivity index (χ4v) is 6.98. The molecule has 0 bridgehead atoms. The number of rotatable bonds is 3. The van der Waals surface area contributed by atoms with Gasteiger partial charge in [0.05, 0.1) is 26.0 Å². The van der Waals surface area contributed by atoms with Gasteiger partial charge in [-0.05, 0) is 25.8 Å². The molecule has 1 atom stereocenters. The predicted octanol–water partition coefficient (Wildman–Crippen LogP) is 3.09. The molecule has 2 aliphatic rings. The lowest BCUT2D eigenvalue weighted by Crippen LogP contribution is -2.50. The summed E-state index contributed by atoms with van der Waals surface area (Å²) in [7, 11) is -2.20.